The van der Waals surface area contributed by atoms with Gasteiger partial charge in [0.05, 0.1) is 13.2 Å². The van der Waals surface area contributed by atoms with E-state index in [0.29, 0.717) is 24.1 Å². The molecular formula is C25H29FN2O4. The fourth-order valence-corrected chi connectivity index (χ4v) is 4.79. The second kappa shape index (κ2) is 9.79. The minimum atomic E-state index is -0.651. The number of carbonyl (C=O) groups excluding carboxylic acids is 2. The van der Waals surface area contributed by atoms with Crippen LogP contribution in [0, 0.1) is 11.7 Å². The highest BCUT2D eigenvalue weighted by molar-refractivity contribution is 5.98. The molecule has 6 nitrogen and oxygen atoms in total. The summed E-state index contributed by atoms with van der Waals surface area (Å²) < 4.78 is 18.3. The number of aliphatic hydroxyl groups is 1. The first-order chi connectivity index (χ1) is 15.5. The summed E-state index contributed by atoms with van der Waals surface area (Å²) >= 11 is 0. The standard InChI is InChI=1S/C25H29FN2O4/c1-32-21-8-4-17(5-9-21)24(30)18-10-13-27(14-11-18)22-12-15-28(16-23(22)29)25(31)19-2-6-20(26)7-3-19/h2-9,18,22-23,29H,10-16H2,1H3/t22-,23-/m0/s1. The molecule has 2 aliphatic heterocycles. The summed E-state index contributed by atoms with van der Waals surface area (Å²) in [5, 5.41) is 10.8. The first kappa shape index (κ1) is 22.4. The number of aliphatic hydroxyl groups excluding tert-OH is 1. The lowest BCUT2D eigenvalue weighted by Crippen LogP contribution is -2.57. The number of methoxy groups -OCH3 is 1. The van der Waals surface area contributed by atoms with Crippen molar-refractivity contribution >= 4 is 11.7 Å². The lowest BCUT2D eigenvalue weighted by molar-refractivity contribution is -0.0185. The van der Waals surface area contributed by atoms with Crippen LogP contribution < -0.4 is 4.74 Å². The Morgan fingerprint density at radius 2 is 1.56 bits per heavy atom. The number of ketones is 1. The van der Waals surface area contributed by atoms with Crippen LogP contribution in [-0.2, 0) is 0 Å². The Kier molecular flexibility index (Phi) is 6.86. The molecule has 2 aromatic rings. The highest BCUT2D eigenvalue weighted by Gasteiger charge is 2.36. The van der Waals surface area contributed by atoms with Crippen molar-refractivity contribution in [3.05, 3.63) is 65.5 Å². The molecule has 1 N–H and O–H groups in total. The van der Waals surface area contributed by atoms with Gasteiger partial charge in [-0.2, -0.15) is 0 Å². The number of nitrogens with zero attached hydrogens (tertiary/aromatic N) is 2. The highest BCUT2D eigenvalue weighted by Crippen LogP contribution is 2.27. The molecule has 2 saturated heterocycles. The smallest absolute Gasteiger partial charge is 0.253 e. The van der Waals surface area contributed by atoms with Crippen LogP contribution in [0.4, 0.5) is 4.39 Å². The van der Waals surface area contributed by atoms with E-state index in [2.05, 4.69) is 4.90 Å². The minimum absolute atomic E-state index is 0.0167. The average molecular weight is 441 g/mol. The van der Waals surface area contributed by atoms with Gasteiger partial charge in [-0.3, -0.25) is 14.5 Å². The van der Waals surface area contributed by atoms with Gasteiger partial charge in [-0.15, -0.1) is 0 Å². The Morgan fingerprint density at radius 3 is 2.16 bits per heavy atom. The van der Waals surface area contributed by atoms with Gasteiger partial charge in [-0.1, -0.05) is 0 Å². The number of ether oxygens (including phenoxy) is 1. The lowest BCUT2D eigenvalue weighted by atomic mass is 9.87. The Bertz CT molecular complexity index is 939. The number of likely N-dealkylation sites (tertiary alicyclic amines) is 2. The maximum atomic E-state index is 13.1. The van der Waals surface area contributed by atoms with Gasteiger partial charge >= 0.3 is 0 Å². The molecule has 0 unspecified atom stereocenters. The van der Waals surface area contributed by atoms with Crippen LogP contribution in [0.3, 0.4) is 0 Å². The van der Waals surface area contributed by atoms with E-state index in [-0.39, 0.29) is 36.0 Å². The van der Waals surface area contributed by atoms with Crippen LogP contribution in [0.5, 0.6) is 5.75 Å². The van der Waals surface area contributed by atoms with Gasteiger partial charge in [-0.05, 0) is 80.9 Å². The SMILES string of the molecule is COc1ccc(C(=O)C2CCN([C@H]3CCN(C(=O)c4ccc(F)cc4)C[C@@H]3O)CC2)cc1. The quantitative estimate of drug-likeness (QED) is 0.724. The fraction of sp³-hybridized carbons (Fsp3) is 0.440. The molecule has 4 rings (SSSR count). The van der Waals surface area contributed by atoms with Gasteiger partial charge in [0.15, 0.2) is 5.78 Å². The summed E-state index contributed by atoms with van der Waals surface area (Å²) in [5.41, 5.74) is 1.13. The van der Waals surface area contributed by atoms with Crippen LogP contribution in [0.2, 0.25) is 0 Å². The monoisotopic (exact) mass is 440 g/mol. The van der Waals surface area contributed by atoms with Gasteiger partial charge in [0.2, 0.25) is 0 Å². The van der Waals surface area contributed by atoms with Crippen molar-refractivity contribution in [3.8, 4) is 5.75 Å². The predicted octanol–water partition coefficient (Wildman–Crippen LogP) is 3.00. The third-order valence-electron chi connectivity index (χ3n) is 6.67. The first-order valence-corrected chi connectivity index (χ1v) is 11.1. The van der Waals surface area contributed by atoms with Gasteiger partial charge in [0.1, 0.15) is 11.6 Å². The zero-order valence-corrected chi connectivity index (χ0v) is 18.2. The predicted molar refractivity (Wildman–Crippen MR) is 118 cm³/mol. The third kappa shape index (κ3) is 4.84. The van der Waals surface area contributed by atoms with Crippen LogP contribution in [0.1, 0.15) is 40.0 Å². The molecule has 170 valence electrons. The maximum absolute atomic E-state index is 13.1. The number of halogens is 1. The zero-order valence-electron chi connectivity index (χ0n) is 18.2. The first-order valence-electron chi connectivity index (χ1n) is 11.1. The highest BCUT2D eigenvalue weighted by atomic mass is 19.1. The number of β-amino-alcohol motifs (C(OH)–C–C–N with tert-alkyl or cyclic N) is 1. The molecule has 0 aromatic heterocycles. The van der Waals surface area contributed by atoms with Crippen LogP contribution in [-0.4, -0.2) is 72.0 Å². The third-order valence-corrected chi connectivity index (χ3v) is 6.67. The number of hydrogen-bond donors (Lipinski definition) is 1. The second-order valence-electron chi connectivity index (χ2n) is 8.58. The summed E-state index contributed by atoms with van der Waals surface area (Å²) in [6, 6.07) is 12.7. The van der Waals surface area contributed by atoms with Crippen LogP contribution in [0.25, 0.3) is 0 Å². The number of amides is 1. The van der Waals surface area contributed by atoms with E-state index in [4.69, 9.17) is 4.74 Å². The molecule has 2 heterocycles. The molecule has 0 saturated carbocycles. The number of rotatable bonds is 5. The van der Waals surface area contributed by atoms with E-state index < -0.39 is 6.10 Å². The van der Waals surface area contributed by atoms with Crippen molar-refractivity contribution in [2.24, 2.45) is 5.92 Å². The number of benzene rings is 2. The summed E-state index contributed by atoms with van der Waals surface area (Å²) in [4.78, 5) is 29.4. The Labute approximate surface area is 187 Å². The maximum Gasteiger partial charge on any atom is 0.253 e. The largest absolute Gasteiger partial charge is 0.497 e. The number of Topliss-reactive ketones (excluding diaryl/α,β-unsaturated/α-hetero) is 1. The van der Waals surface area contributed by atoms with E-state index >= 15 is 0 Å². The van der Waals surface area contributed by atoms with Gasteiger partial charge < -0.3 is 14.7 Å². The van der Waals surface area contributed by atoms with Gasteiger partial charge in [-0.25, -0.2) is 4.39 Å². The lowest BCUT2D eigenvalue weighted by Gasteiger charge is -2.44. The molecule has 7 heteroatoms. The fourth-order valence-electron chi connectivity index (χ4n) is 4.79. The molecule has 2 aliphatic rings. The molecule has 2 fully saturated rings. The molecule has 0 aliphatic carbocycles. The zero-order chi connectivity index (χ0) is 22.7. The minimum Gasteiger partial charge on any atom is -0.497 e. The summed E-state index contributed by atoms with van der Waals surface area (Å²) in [7, 11) is 1.60. The molecule has 2 aromatic carbocycles. The van der Waals surface area contributed by atoms with Crippen molar-refractivity contribution in [3.63, 3.8) is 0 Å². The molecule has 0 bridgehead atoms. The van der Waals surface area contributed by atoms with E-state index in [1.54, 1.807) is 24.1 Å². The Morgan fingerprint density at radius 1 is 0.938 bits per heavy atom. The molecule has 2 atom stereocenters. The van der Waals surface area contributed by atoms with Crippen molar-refractivity contribution in [1.29, 1.82) is 0 Å². The second-order valence-corrected chi connectivity index (χ2v) is 8.58. The van der Waals surface area contributed by atoms with E-state index in [1.807, 2.05) is 12.1 Å². The number of piperidine rings is 2. The van der Waals surface area contributed by atoms with E-state index in [1.165, 1.54) is 24.3 Å². The van der Waals surface area contributed by atoms with Crippen molar-refractivity contribution in [1.82, 2.24) is 9.80 Å². The number of carbonyl (C=O) groups is 2. The molecular weight excluding hydrogens is 411 g/mol. The summed E-state index contributed by atoms with van der Waals surface area (Å²) in [6.45, 7) is 2.30. The molecule has 1 amide bonds. The Balaban J connectivity index is 1.30. The van der Waals surface area contributed by atoms with E-state index in [0.717, 1.165) is 31.7 Å². The van der Waals surface area contributed by atoms with Crippen LogP contribution >= 0.6 is 0 Å². The normalized spacial score (nSPS) is 22.5. The average Bonchev–Trinajstić information content (AvgIpc) is 2.84. The Hall–Kier alpha value is -2.77. The van der Waals surface area contributed by atoms with E-state index in [9.17, 15) is 19.1 Å². The van der Waals surface area contributed by atoms with Gasteiger partial charge in [0.25, 0.3) is 5.91 Å². The molecule has 0 spiro atoms. The summed E-state index contributed by atoms with van der Waals surface area (Å²) in [5.74, 6) is 0.305. The van der Waals surface area contributed by atoms with Crippen LogP contribution in [0.15, 0.2) is 48.5 Å². The molecule has 32 heavy (non-hydrogen) atoms. The number of hydrogen-bond acceptors (Lipinski definition) is 5. The van der Waals surface area contributed by atoms with Gasteiger partial charge in [0, 0.05) is 36.2 Å². The van der Waals surface area contributed by atoms with Crippen molar-refractivity contribution in [2.75, 3.05) is 33.3 Å². The topological polar surface area (TPSA) is 70.1 Å². The van der Waals surface area contributed by atoms with Crippen molar-refractivity contribution < 1.29 is 23.8 Å². The summed E-state index contributed by atoms with van der Waals surface area (Å²) in [6.07, 6.45) is 1.53. The van der Waals surface area contributed by atoms with Crippen molar-refractivity contribution in [2.45, 2.75) is 31.4 Å². The molecule has 0 radical (unpaired) electrons.